The number of ether oxygens (including phenoxy) is 2. The Morgan fingerprint density at radius 3 is 2.17 bits per heavy atom. The van der Waals surface area contributed by atoms with E-state index in [4.69, 9.17) is 9.47 Å². The summed E-state index contributed by atoms with van der Waals surface area (Å²) in [6.07, 6.45) is 0.631. The third kappa shape index (κ3) is 6.16. The molecule has 2 heterocycles. The summed E-state index contributed by atoms with van der Waals surface area (Å²) in [6.45, 7) is -0.0955. The predicted octanol–water partition coefficient (Wildman–Crippen LogP) is 5.59. The molecule has 0 spiro atoms. The molecular formula is C28H23F5N4O4S. The van der Waals surface area contributed by atoms with Crippen molar-refractivity contribution in [1.29, 1.82) is 0 Å². The van der Waals surface area contributed by atoms with Crippen molar-refractivity contribution in [2.75, 3.05) is 11.1 Å². The highest BCUT2D eigenvalue weighted by molar-refractivity contribution is 7.99. The van der Waals surface area contributed by atoms with Crippen LogP contribution in [0.1, 0.15) is 45.9 Å². The number of hydrogen-bond acceptors (Lipinski definition) is 7. The Labute approximate surface area is 240 Å². The Morgan fingerprint density at radius 2 is 1.57 bits per heavy atom. The van der Waals surface area contributed by atoms with Crippen LogP contribution in [0.3, 0.4) is 0 Å². The number of halogens is 5. The van der Waals surface area contributed by atoms with Gasteiger partial charge in [-0.05, 0) is 23.3 Å². The van der Waals surface area contributed by atoms with Crippen LogP contribution in [0.15, 0.2) is 60.0 Å². The average molecular weight is 607 g/mol. The van der Waals surface area contributed by atoms with Crippen molar-refractivity contribution in [3.05, 3.63) is 106 Å². The van der Waals surface area contributed by atoms with E-state index in [9.17, 15) is 31.9 Å². The zero-order chi connectivity index (χ0) is 30.0. The summed E-state index contributed by atoms with van der Waals surface area (Å²) in [5.41, 5.74) is 0.623. The smallest absolute Gasteiger partial charge is 0.261 e. The van der Waals surface area contributed by atoms with Gasteiger partial charge < -0.3 is 24.5 Å². The fourth-order valence-electron chi connectivity index (χ4n) is 4.31. The van der Waals surface area contributed by atoms with Crippen LogP contribution in [0.5, 0.6) is 0 Å². The minimum Gasteiger partial charge on any atom is -0.392 e. The van der Waals surface area contributed by atoms with Crippen molar-refractivity contribution in [2.24, 2.45) is 7.05 Å². The van der Waals surface area contributed by atoms with E-state index in [1.807, 2.05) is 19.2 Å². The van der Waals surface area contributed by atoms with E-state index in [0.717, 1.165) is 11.1 Å². The molecular weight excluding hydrogens is 583 g/mol. The Kier molecular flexibility index (Phi) is 8.87. The maximum atomic E-state index is 14.1. The molecule has 1 fully saturated rings. The summed E-state index contributed by atoms with van der Waals surface area (Å²) in [4.78, 5) is 12.4. The number of nitrogens with zero attached hydrogens (tertiary/aromatic N) is 3. The zero-order valence-electron chi connectivity index (χ0n) is 21.9. The van der Waals surface area contributed by atoms with Gasteiger partial charge in [0.1, 0.15) is 11.9 Å². The molecule has 0 aliphatic carbocycles. The van der Waals surface area contributed by atoms with Crippen LogP contribution in [0, 0.1) is 29.1 Å². The van der Waals surface area contributed by atoms with Crippen molar-refractivity contribution in [2.45, 2.75) is 36.7 Å². The molecule has 2 N–H and O–H groups in total. The molecule has 1 aliphatic rings. The third-order valence-corrected chi connectivity index (χ3v) is 7.73. The van der Waals surface area contributed by atoms with E-state index >= 15 is 0 Å². The van der Waals surface area contributed by atoms with Gasteiger partial charge in [-0.15, -0.1) is 10.2 Å². The molecule has 3 unspecified atom stereocenters. The first-order chi connectivity index (χ1) is 20.2. The van der Waals surface area contributed by atoms with E-state index < -0.39 is 46.8 Å². The van der Waals surface area contributed by atoms with E-state index in [0.29, 0.717) is 22.9 Å². The van der Waals surface area contributed by atoms with Crippen molar-refractivity contribution < 1.29 is 41.3 Å². The highest BCUT2D eigenvalue weighted by Gasteiger charge is 2.33. The highest BCUT2D eigenvalue weighted by atomic mass is 32.2. The SMILES string of the molecule is Cn1cnnc1SCC1CC(c2ccc(CO)cc2)OC(c2ccc(NC(=O)c3c(F)c(F)c(F)c(F)c3F)cc2)O1. The number of anilines is 1. The number of aliphatic hydroxyl groups excluding tert-OH is 1. The van der Waals surface area contributed by atoms with Crippen LogP contribution in [0.4, 0.5) is 27.6 Å². The minimum atomic E-state index is -2.35. The van der Waals surface area contributed by atoms with Crippen molar-refractivity contribution in [1.82, 2.24) is 14.8 Å². The zero-order valence-corrected chi connectivity index (χ0v) is 22.7. The average Bonchev–Trinajstić information content (AvgIpc) is 3.42. The number of hydrogen-bond donors (Lipinski definition) is 2. The lowest BCUT2D eigenvalue weighted by molar-refractivity contribution is -0.245. The number of aliphatic hydroxyl groups is 1. The number of benzene rings is 3. The lowest BCUT2D eigenvalue weighted by Crippen LogP contribution is -2.31. The summed E-state index contributed by atoms with van der Waals surface area (Å²) < 4.78 is 82.8. The Hall–Kier alpha value is -3.85. The molecule has 1 amide bonds. The predicted molar refractivity (Wildman–Crippen MR) is 141 cm³/mol. The summed E-state index contributed by atoms with van der Waals surface area (Å²) in [7, 11) is 1.83. The summed E-state index contributed by atoms with van der Waals surface area (Å²) in [5.74, 6) is -12.2. The monoisotopic (exact) mass is 606 g/mol. The molecule has 3 atom stereocenters. The number of rotatable bonds is 8. The first-order valence-corrected chi connectivity index (χ1v) is 13.5. The first kappa shape index (κ1) is 29.6. The first-order valence-electron chi connectivity index (χ1n) is 12.6. The molecule has 1 aliphatic heterocycles. The number of carbonyl (C=O) groups is 1. The molecule has 0 bridgehead atoms. The van der Waals surface area contributed by atoms with Crippen LogP contribution in [-0.2, 0) is 23.1 Å². The second kappa shape index (κ2) is 12.6. The fourth-order valence-corrected chi connectivity index (χ4v) is 5.22. The van der Waals surface area contributed by atoms with Gasteiger partial charge in [-0.2, -0.15) is 0 Å². The second-order valence-electron chi connectivity index (χ2n) is 9.41. The lowest BCUT2D eigenvalue weighted by Gasteiger charge is -2.36. The van der Waals surface area contributed by atoms with Gasteiger partial charge in [0.05, 0.1) is 18.8 Å². The maximum absolute atomic E-state index is 14.1. The van der Waals surface area contributed by atoms with E-state index in [1.165, 1.54) is 23.9 Å². The molecule has 1 saturated heterocycles. The Balaban J connectivity index is 1.34. The van der Waals surface area contributed by atoms with E-state index in [-0.39, 0.29) is 24.5 Å². The van der Waals surface area contributed by atoms with Crippen LogP contribution in [-0.4, -0.2) is 37.6 Å². The summed E-state index contributed by atoms with van der Waals surface area (Å²) in [6, 6.07) is 13.2. The lowest BCUT2D eigenvalue weighted by atomic mass is 10.0. The molecule has 220 valence electrons. The largest absolute Gasteiger partial charge is 0.392 e. The molecule has 42 heavy (non-hydrogen) atoms. The number of nitrogens with one attached hydrogen (secondary N) is 1. The van der Waals surface area contributed by atoms with Crippen molar-refractivity contribution in [3.8, 4) is 0 Å². The summed E-state index contributed by atoms with van der Waals surface area (Å²) >= 11 is 1.46. The molecule has 8 nitrogen and oxygen atoms in total. The van der Waals surface area contributed by atoms with Gasteiger partial charge in [0.25, 0.3) is 5.91 Å². The van der Waals surface area contributed by atoms with Gasteiger partial charge in [0, 0.05) is 30.5 Å². The number of thioether (sulfide) groups is 1. The van der Waals surface area contributed by atoms with E-state index in [1.54, 1.807) is 35.2 Å². The number of aromatic nitrogens is 3. The summed E-state index contributed by atoms with van der Waals surface area (Å²) in [5, 5.41) is 20.2. The molecule has 3 aromatic carbocycles. The normalized spacial score (nSPS) is 18.7. The molecule has 0 radical (unpaired) electrons. The fraction of sp³-hybridized carbons (Fsp3) is 0.250. The Bertz CT molecular complexity index is 1560. The van der Waals surface area contributed by atoms with Gasteiger partial charge in [0.2, 0.25) is 5.82 Å². The molecule has 5 rings (SSSR count). The standard InChI is InChI=1S/C28H23F5N4O4S/c1-37-13-34-36-28(37)42-12-18-10-19(15-4-2-14(11-38)3-5-15)41-27(40-18)16-6-8-17(9-7-16)35-26(39)20-21(29)23(31)25(33)24(32)22(20)30/h2-9,13,18-19,27,38H,10-12H2,1H3,(H,35,39). The van der Waals surface area contributed by atoms with Gasteiger partial charge in [0.15, 0.2) is 34.7 Å². The third-order valence-electron chi connectivity index (χ3n) is 6.56. The molecule has 14 heteroatoms. The second-order valence-corrected chi connectivity index (χ2v) is 10.4. The quantitative estimate of drug-likeness (QED) is 0.117. The van der Waals surface area contributed by atoms with Crippen LogP contribution in [0.2, 0.25) is 0 Å². The highest BCUT2D eigenvalue weighted by Crippen LogP contribution is 2.39. The maximum Gasteiger partial charge on any atom is 0.261 e. The van der Waals surface area contributed by atoms with Gasteiger partial charge in [-0.1, -0.05) is 48.2 Å². The van der Waals surface area contributed by atoms with Crippen molar-refractivity contribution in [3.63, 3.8) is 0 Å². The topological polar surface area (TPSA) is 98.5 Å². The van der Waals surface area contributed by atoms with Gasteiger partial charge in [-0.3, -0.25) is 4.79 Å². The molecule has 1 aromatic heterocycles. The number of carbonyl (C=O) groups excluding carboxylic acids is 1. The Morgan fingerprint density at radius 1 is 0.952 bits per heavy atom. The van der Waals surface area contributed by atoms with Gasteiger partial charge in [-0.25, -0.2) is 22.0 Å². The minimum absolute atomic E-state index is 0.0361. The van der Waals surface area contributed by atoms with Crippen LogP contribution >= 0.6 is 11.8 Å². The van der Waals surface area contributed by atoms with Crippen molar-refractivity contribution >= 4 is 23.4 Å². The van der Waals surface area contributed by atoms with Crippen LogP contribution in [0.25, 0.3) is 0 Å². The van der Waals surface area contributed by atoms with Crippen LogP contribution < -0.4 is 5.32 Å². The number of aryl methyl sites for hydroxylation is 1. The van der Waals surface area contributed by atoms with E-state index in [2.05, 4.69) is 15.5 Å². The molecule has 4 aromatic rings. The molecule has 0 saturated carbocycles. The van der Waals surface area contributed by atoms with Gasteiger partial charge >= 0.3 is 0 Å². The number of amides is 1.